The minimum Gasteiger partial charge on any atom is -0.383 e. The fourth-order valence-electron chi connectivity index (χ4n) is 1.59. The largest absolute Gasteiger partial charge is 0.383 e. The highest BCUT2D eigenvalue weighted by Gasteiger charge is 2.07. The van der Waals surface area contributed by atoms with E-state index in [1.807, 2.05) is 24.3 Å². The summed E-state index contributed by atoms with van der Waals surface area (Å²) in [5.41, 5.74) is 1.46. The Morgan fingerprint density at radius 1 is 1.47 bits per heavy atom. The van der Waals surface area contributed by atoms with E-state index in [0.717, 1.165) is 17.2 Å². The summed E-state index contributed by atoms with van der Waals surface area (Å²) in [6.45, 7) is 1.24. The third kappa shape index (κ3) is 1.76. The van der Waals surface area contributed by atoms with Crippen LogP contribution in [0.5, 0.6) is 0 Å². The van der Waals surface area contributed by atoms with Gasteiger partial charge in [0.2, 0.25) is 0 Å². The molecule has 0 amide bonds. The normalized spacial score (nSPS) is 10.7. The van der Waals surface area contributed by atoms with E-state index in [2.05, 4.69) is 5.10 Å². The molecular weight excluding hydrogens is 192 g/mol. The lowest BCUT2D eigenvalue weighted by Gasteiger charge is -2.01. The number of hydrogen-bond acceptors (Lipinski definition) is 3. The number of fused-ring (bicyclic) bond motifs is 1. The van der Waals surface area contributed by atoms with E-state index >= 15 is 0 Å². The molecular formula is C11H12N2O2. The molecule has 0 aliphatic rings. The lowest BCUT2D eigenvalue weighted by Crippen LogP contribution is -2.05. The van der Waals surface area contributed by atoms with Crippen LogP contribution in [0, 0.1) is 0 Å². The molecule has 0 aliphatic carbocycles. The van der Waals surface area contributed by atoms with Crippen LogP contribution in [0.1, 0.15) is 10.5 Å². The van der Waals surface area contributed by atoms with Crippen LogP contribution in [0.25, 0.3) is 10.9 Å². The number of rotatable bonds is 4. The summed E-state index contributed by atoms with van der Waals surface area (Å²) < 4.78 is 6.78. The summed E-state index contributed by atoms with van der Waals surface area (Å²) in [6.07, 6.45) is 0.783. The maximum Gasteiger partial charge on any atom is 0.170 e. The highest BCUT2D eigenvalue weighted by Crippen LogP contribution is 2.16. The van der Waals surface area contributed by atoms with Gasteiger partial charge in [-0.1, -0.05) is 18.2 Å². The molecule has 4 heteroatoms. The van der Waals surface area contributed by atoms with Gasteiger partial charge in [-0.15, -0.1) is 0 Å². The molecule has 0 spiro atoms. The molecule has 0 unspecified atom stereocenters. The number of carbonyl (C=O) groups excluding carboxylic acids is 1. The molecule has 0 aliphatic heterocycles. The van der Waals surface area contributed by atoms with E-state index < -0.39 is 0 Å². The van der Waals surface area contributed by atoms with Crippen molar-refractivity contribution in [1.82, 2.24) is 9.78 Å². The van der Waals surface area contributed by atoms with E-state index in [1.54, 1.807) is 11.8 Å². The minimum absolute atomic E-state index is 0.488. The number of carbonyl (C=O) groups is 1. The zero-order valence-electron chi connectivity index (χ0n) is 8.51. The van der Waals surface area contributed by atoms with E-state index in [9.17, 15) is 4.79 Å². The molecule has 1 heterocycles. The SMILES string of the molecule is COCCn1nc(C=O)c2ccccc21. The van der Waals surface area contributed by atoms with Crippen LogP contribution in [0.3, 0.4) is 0 Å². The Balaban J connectivity index is 2.50. The van der Waals surface area contributed by atoms with Gasteiger partial charge >= 0.3 is 0 Å². The summed E-state index contributed by atoms with van der Waals surface area (Å²) in [7, 11) is 1.65. The number of aromatic nitrogens is 2. The zero-order chi connectivity index (χ0) is 10.7. The van der Waals surface area contributed by atoms with Crippen LogP contribution in [0.2, 0.25) is 0 Å². The van der Waals surface area contributed by atoms with Gasteiger partial charge in [0, 0.05) is 12.5 Å². The molecule has 1 aromatic carbocycles. The highest BCUT2D eigenvalue weighted by molar-refractivity contribution is 5.95. The van der Waals surface area contributed by atoms with Crippen LogP contribution in [-0.2, 0) is 11.3 Å². The molecule has 2 rings (SSSR count). The van der Waals surface area contributed by atoms with Gasteiger partial charge in [0.25, 0.3) is 0 Å². The van der Waals surface area contributed by atoms with Crippen molar-refractivity contribution >= 4 is 17.2 Å². The van der Waals surface area contributed by atoms with Crippen LogP contribution < -0.4 is 0 Å². The van der Waals surface area contributed by atoms with Crippen LogP contribution >= 0.6 is 0 Å². The van der Waals surface area contributed by atoms with E-state index in [4.69, 9.17) is 4.74 Å². The molecule has 78 valence electrons. The lowest BCUT2D eigenvalue weighted by atomic mass is 10.2. The Labute approximate surface area is 87.5 Å². The molecule has 0 N–H and O–H groups in total. The fourth-order valence-corrected chi connectivity index (χ4v) is 1.59. The number of benzene rings is 1. The number of aldehydes is 1. The summed E-state index contributed by atoms with van der Waals surface area (Å²) in [5.74, 6) is 0. The topological polar surface area (TPSA) is 44.1 Å². The van der Waals surface area contributed by atoms with E-state index in [-0.39, 0.29) is 0 Å². The van der Waals surface area contributed by atoms with Crippen LogP contribution in [0.15, 0.2) is 24.3 Å². The predicted molar refractivity (Wildman–Crippen MR) is 57.0 cm³/mol. The van der Waals surface area contributed by atoms with Crippen molar-refractivity contribution < 1.29 is 9.53 Å². The third-order valence-electron chi connectivity index (χ3n) is 2.31. The molecule has 1 aromatic heterocycles. The number of para-hydroxylation sites is 1. The van der Waals surface area contributed by atoms with Crippen LogP contribution in [0.4, 0.5) is 0 Å². The predicted octanol–water partition coefficient (Wildman–Crippen LogP) is 1.50. The van der Waals surface area contributed by atoms with E-state index in [1.165, 1.54) is 0 Å². The van der Waals surface area contributed by atoms with Crippen LogP contribution in [-0.4, -0.2) is 29.8 Å². The average Bonchev–Trinajstić information content (AvgIpc) is 2.65. The Bertz CT molecular complexity index is 476. The molecule has 15 heavy (non-hydrogen) atoms. The first-order valence-corrected chi connectivity index (χ1v) is 4.76. The zero-order valence-corrected chi connectivity index (χ0v) is 8.51. The molecule has 0 atom stereocenters. The summed E-state index contributed by atoms with van der Waals surface area (Å²) in [5, 5.41) is 5.11. The number of methoxy groups -OCH3 is 1. The molecule has 0 fully saturated rings. The third-order valence-corrected chi connectivity index (χ3v) is 2.31. The van der Waals surface area contributed by atoms with Crippen molar-refractivity contribution in [3.63, 3.8) is 0 Å². The van der Waals surface area contributed by atoms with Gasteiger partial charge in [0.1, 0.15) is 5.69 Å². The average molecular weight is 204 g/mol. The van der Waals surface area contributed by atoms with E-state index in [0.29, 0.717) is 18.8 Å². The van der Waals surface area contributed by atoms with Crippen molar-refractivity contribution in [2.75, 3.05) is 13.7 Å². The summed E-state index contributed by atoms with van der Waals surface area (Å²) in [6, 6.07) is 7.68. The van der Waals surface area contributed by atoms with Crippen molar-refractivity contribution in [3.05, 3.63) is 30.0 Å². The molecule has 0 bridgehead atoms. The number of ether oxygens (including phenoxy) is 1. The Morgan fingerprint density at radius 3 is 3.00 bits per heavy atom. The first-order valence-electron chi connectivity index (χ1n) is 4.76. The van der Waals surface area contributed by atoms with Gasteiger partial charge in [-0.05, 0) is 6.07 Å². The summed E-state index contributed by atoms with van der Waals surface area (Å²) >= 11 is 0. The van der Waals surface area contributed by atoms with Crippen molar-refractivity contribution in [3.8, 4) is 0 Å². The second-order valence-electron chi connectivity index (χ2n) is 3.24. The standard InChI is InChI=1S/C11H12N2O2/c1-15-7-6-13-11-5-3-2-4-9(11)10(8-14)12-13/h2-5,8H,6-7H2,1H3. The maximum absolute atomic E-state index is 10.8. The van der Waals surface area contributed by atoms with Gasteiger partial charge in [-0.3, -0.25) is 9.48 Å². The second-order valence-corrected chi connectivity index (χ2v) is 3.24. The van der Waals surface area contributed by atoms with Gasteiger partial charge in [0.15, 0.2) is 6.29 Å². The van der Waals surface area contributed by atoms with Gasteiger partial charge in [-0.25, -0.2) is 0 Å². The first-order chi connectivity index (χ1) is 7.36. The Kier molecular flexibility index (Phi) is 2.78. The molecule has 2 aromatic rings. The number of nitrogens with zero attached hydrogens (tertiary/aromatic N) is 2. The molecule has 4 nitrogen and oxygen atoms in total. The monoisotopic (exact) mass is 204 g/mol. The lowest BCUT2D eigenvalue weighted by molar-refractivity contribution is 0.111. The Morgan fingerprint density at radius 2 is 2.27 bits per heavy atom. The molecule has 0 radical (unpaired) electrons. The smallest absolute Gasteiger partial charge is 0.170 e. The first kappa shape index (κ1) is 9.86. The number of hydrogen-bond donors (Lipinski definition) is 0. The van der Waals surface area contributed by atoms with Gasteiger partial charge < -0.3 is 4.74 Å². The Hall–Kier alpha value is -1.68. The van der Waals surface area contributed by atoms with Gasteiger partial charge in [-0.2, -0.15) is 5.10 Å². The van der Waals surface area contributed by atoms with Crippen molar-refractivity contribution in [2.24, 2.45) is 0 Å². The van der Waals surface area contributed by atoms with Crippen molar-refractivity contribution in [1.29, 1.82) is 0 Å². The highest BCUT2D eigenvalue weighted by atomic mass is 16.5. The summed E-state index contributed by atoms with van der Waals surface area (Å²) in [4.78, 5) is 10.8. The second kappa shape index (κ2) is 4.23. The van der Waals surface area contributed by atoms with Crippen molar-refractivity contribution in [2.45, 2.75) is 6.54 Å². The molecule has 0 saturated carbocycles. The minimum atomic E-state index is 0.488. The fraction of sp³-hybridized carbons (Fsp3) is 0.273. The quantitative estimate of drug-likeness (QED) is 0.709. The maximum atomic E-state index is 10.8. The molecule has 0 saturated heterocycles. The van der Waals surface area contributed by atoms with Gasteiger partial charge in [0.05, 0.1) is 18.7 Å².